The van der Waals surface area contributed by atoms with Gasteiger partial charge >= 0.3 is 0 Å². The van der Waals surface area contributed by atoms with Gasteiger partial charge in [-0.25, -0.2) is 0 Å². The number of allylic oxidation sites excluding steroid dienone is 2. The first-order valence-corrected chi connectivity index (χ1v) is 6.77. The summed E-state index contributed by atoms with van der Waals surface area (Å²) in [6.45, 7) is 0. The zero-order chi connectivity index (χ0) is 15.1. The van der Waals surface area contributed by atoms with Crippen molar-refractivity contribution in [2.75, 3.05) is 0 Å². The minimum atomic E-state index is -0.0964. The Morgan fingerprint density at radius 1 is 0.905 bits per heavy atom. The maximum absolute atomic E-state index is 12.1. The van der Waals surface area contributed by atoms with E-state index in [-0.39, 0.29) is 5.78 Å². The van der Waals surface area contributed by atoms with Crippen LogP contribution < -0.4 is 0 Å². The fourth-order valence-corrected chi connectivity index (χ4v) is 1.96. The van der Waals surface area contributed by atoms with E-state index >= 15 is 0 Å². The topological polar surface area (TPSA) is 34.1 Å². The van der Waals surface area contributed by atoms with Crippen LogP contribution in [0.5, 0.6) is 0 Å². The highest BCUT2D eigenvalue weighted by Gasteiger charge is 2.01. The second-order valence-electron chi connectivity index (χ2n) is 4.33. The number of rotatable bonds is 5. The maximum atomic E-state index is 12.1. The van der Waals surface area contributed by atoms with Crippen molar-refractivity contribution in [2.24, 2.45) is 0 Å². The highest BCUT2D eigenvalue weighted by Crippen LogP contribution is 2.14. The van der Waals surface area contributed by atoms with Gasteiger partial charge in [0.2, 0.25) is 0 Å². The summed E-state index contributed by atoms with van der Waals surface area (Å²) in [5, 5.41) is 0.597. The van der Waals surface area contributed by atoms with Crippen molar-refractivity contribution < 1.29 is 9.59 Å². The van der Waals surface area contributed by atoms with Gasteiger partial charge in [0.15, 0.2) is 5.78 Å². The van der Waals surface area contributed by atoms with Crippen molar-refractivity contribution >= 4 is 35.8 Å². The van der Waals surface area contributed by atoms with Crippen LogP contribution in [0.2, 0.25) is 5.02 Å². The number of carbonyl (C=O) groups is 2. The molecule has 0 saturated heterocycles. The third-order valence-corrected chi connectivity index (χ3v) is 3.15. The summed E-state index contributed by atoms with van der Waals surface area (Å²) in [5.74, 6) is -0.0964. The lowest BCUT2D eigenvalue weighted by molar-refractivity contribution is -0.104. The molecule has 21 heavy (non-hydrogen) atoms. The molecule has 0 atom stereocenters. The van der Waals surface area contributed by atoms with E-state index in [9.17, 15) is 9.59 Å². The third-order valence-electron chi connectivity index (χ3n) is 2.89. The molecule has 0 amide bonds. The van der Waals surface area contributed by atoms with E-state index in [1.54, 1.807) is 36.4 Å². The molecule has 0 heterocycles. The molecule has 0 N–H and O–H groups in total. The standard InChI is InChI=1S/C18H13ClO2/c19-17-10-7-16(8-11-17)18(21)12-9-15-5-2-1-4-14(15)6-3-13-20/h1-13H/b6-3+,12-9+. The van der Waals surface area contributed by atoms with E-state index in [1.807, 2.05) is 24.3 Å². The van der Waals surface area contributed by atoms with E-state index in [4.69, 9.17) is 11.6 Å². The van der Waals surface area contributed by atoms with Gasteiger partial charge in [-0.3, -0.25) is 9.59 Å². The molecule has 3 heteroatoms. The van der Waals surface area contributed by atoms with Gasteiger partial charge in [0.25, 0.3) is 0 Å². The van der Waals surface area contributed by atoms with E-state index in [0.29, 0.717) is 10.6 Å². The van der Waals surface area contributed by atoms with Crippen LogP contribution in [-0.4, -0.2) is 12.1 Å². The average Bonchev–Trinajstić information content (AvgIpc) is 2.52. The normalized spacial score (nSPS) is 11.1. The van der Waals surface area contributed by atoms with E-state index in [1.165, 1.54) is 12.2 Å². The van der Waals surface area contributed by atoms with Crippen LogP contribution in [0.3, 0.4) is 0 Å². The van der Waals surface area contributed by atoms with Crippen molar-refractivity contribution in [2.45, 2.75) is 0 Å². The average molecular weight is 297 g/mol. The maximum Gasteiger partial charge on any atom is 0.185 e. The molecule has 0 aromatic heterocycles. The zero-order valence-electron chi connectivity index (χ0n) is 11.2. The van der Waals surface area contributed by atoms with Gasteiger partial charge in [0, 0.05) is 10.6 Å². The van der Waals surface area contributed by atoms with Crippen LogP contribution in [-0.2, 0) is 4.79 Å². The summed E-state index contributed by atoms with van der Waals surface area (Å²) in [6.07, 6.45) is 7.10. The molecule has 0 bridgehead atoms. The summed E-state index contributed by atoms with van der Waals surface area (Å²) >= 11 is 5.79. The van der Waals surface area contributed by atoms with Gasteiger partial charge < -0.3 is 0 Å². The van der Waals surface area contributed by atoms with Gasteiger partial charge in [-0.15, -0.1) is 0 Å². The summed E-state index contributed by atoms with van der Waals surface area (Å²) in [5.41, 5.74) is 2.33. The van der Waals surface area contributed by atoms with Crippen LogP contribution in [0.15, 0.2) is 60.7 Å². The molecular formula is C18H13ClO2. The third kappa shape index (κ3) is 4.26. The predicted molar refractivity (Wildman–Crippen MR) is 86.4 cm³/mol. The van der Waals surface area contributed by atoms with Crippen molar-refractivity contribution in [1.29, 1.82) is 0 Å². The number of benzene rings is 2. The van der Waals surface area contributed by atoms with E-state index < -0.39 is 0 Å². The van der Waals surface area contributed by atoms with Crippen LogP contribution >= 0.6 is 11.6 Å². The molecule has 2 aromatic rings. The minimum absolute atomic E-state index is 0.0964. The summed E-state index contributed by atoms with van der Waals surface area (Å²) in [4.78, 5) is 22.4. The van der Waals surface area contributed by atoms with Gasteiger partial charge in [-0.2, -0.15) is 0 Å². The van der Waals surface area contributed by atoms with Crippen LogP contribution in [0.1, 0.15) is 21.5 Å². The van der Waals surface area contributed by atoms with Crippen LogP contribution in [0, 0.1) is 0 Å². The number of aldehydes is 1. The molecule has 2 aromatic carbocycles. The summed E-state index contributed by atoms with van der Waals surface area (Å²) in [7, 11) is 0. The second-order valence-corrected chi connectivity index (χ2v) is 4.77. The lowest BCUT2D eigenvalue weighted by Gasteiger charge is -2.00. The van der Waals surface area contributed by atoms with Gasteiger partial charge in [-0.1, -0.05) is 48.0 Å². The lowest BCUT2D eigenvalue weighted by Crippen LogP contribution is -1.93. The molecule has 0 spiro atoms. The molecule has 0 aliphatic carbocycles. The van der Waals surface area contributed by atoms with Gasteiger partial charge in [-0.05, 0) is 47.5 Å². The molecule has 0 unspecified atom stereocenters. The smallest absolute Gasteiger partial charge is 0.185 e. The van der Waals surface area contributed by atoms with Crippen LogP contribution in [0.25, 0.3) is 12.2 Å². The number of carbonyl (C=O) groups excluding carboxylic acids is 2. The molecule has 2 rings (SSSR count). The first-order chi connectivity index (χ1) is 10.2. The molecule has 0 radical (unpaired) electrons. The Kier molecular flexibility index (Phi) is 5.24. The molecular weight excluding hydrogens is 284 g/mol. The first kappa shape index (κ1) is 14.9. The van der Waals surface area contributed by atoms with Crippen LogP contribution in [0.4, 0.5) is 0 Å². The SMILES string of the molecule is O=C/C=C/c1ccccc1/C=C/C(=O)c1ccc(Cl)cc1. The number of halogens is 1. The van der Waals surface area contributed by atoms with E-state index in [2.05, 4.69) is 0 Å². The number of hydrogen-bond donors (Lipinski definition) is 0. The fourth-order valence-electron chi connectivity index (χ4n) is 1.83. The Labute approximate surface area is 128 Å². The fraction of sp³-hybridized carbons (Fsp3) is 0. The highest BCUT2D eigenvalue weighted by atomic mass is 35.5. The molecule has 2 nitrogen and oxygen atoms in total. The number of ketones is 1. The van der Waals surface area contributed by atoms with Crippen molar-refractivity contribution in [1.82, 2.24) is 0 Å². The van der Waals surface area contributed by atoms with Gasteiger partial charge in [0.1, 0.15) is 6.29 Å². The van der Waals surface area contributed by atoms with Gasteiger partial charge in [0.05, 0.1) is 0 Å². The first-order valence-electron chi connectivity index (χ1n) is 6.39. The van der Waals surface area contributed by atoms with Crippen molar-refractivity contribution in [3.05, 3.63) is 82.4 Å². The molecule has 0 aliphatic rings. The Hall–Kier alpha value is -2.45. The zero-order valence-corrected chi connectivity index (χ0v) is 12.0. The largest absolute Gasteiger partial charge is 0.299 e. The monoisotopic (exact) mass is 296 g/mol. The van der Waals surface area contributed by atoms with Crippen molar-refractivity contribution in [3.8, 4) is 0 Å². The summed E-state index contributed by atoms with van der Waals surface area (Å²) < 4.78 is 0. The lowest BCUT2D eigenvalue weighted by atomic mass is 10.0. The Morgan fingerprint density at radius 3 is 2.14 bits per heavy atom. The quantitative estimate of drug-likeness (QED) is 0.464. The highest BCUT2D eigenvalue weighted by molar-refractivity contribution is 6.30. The minimum Gasteiger partial charge on any atom is -0.299 e. The number of hydrogen-bond acceptors (Lipinski definition) is 2. The Balaban J connectivity index is 2.21. The Bertz CT molecular complexity index is 697. The molecule has 0 saturated carbocycles. The molecule has 0 aliphatic heterocycles. The molecule has 104 valence electrons. The van der Waals surface area contributed by atoms with E-state index in [0.717, 1.165) is 17.4 Å². The van der Waals surface area contributed by atoms with Crippen molar-refractivity contribution in [3.63, 3.8) is 0 Å². The second kappa shape index (κ2) is 7.36. The summed E-state index contributed by atoms with van der Waals surface area (Å²) in [6, 6.07) is 14.3. The Morgan fingerprint density at radius 2 is 1.52 bits per heavy atom. The molecule has 0 fully saturated rings. The predicted octanol–water partition coefficient (Wildman–Crippen LogP) is 4.45.